The van der Waals surface area contributed by atoms with E-state index in [1.165, 1.54) is 26.1 Å². The van der Waals surface area contributed by atoms with E-state index in [-0.39, 0.29) is 0 Å². The number of guanidine groups is 1. The number of benzene rings is 2. The Hall–Kier alpha value is -3.36. The highest BCUT2D eigenvalue weighted by Crippen LogP contribution is 2.32. The van der Waals surface area contributed by atoms with Crippen molar-refractivity contribution in [3.05, 3.63) is 70.4 Å². The molecule has 1 N–H and O–H groups in total. The van der Waals surface area contributed by atoms with E-state index in [9.17, 15) is 0 Å². The Balaban J connectivity index is 1.44. The minimum atomic E-state index is 0.339. The predicted octanol–water partition coefficient (Wildman–Crippen LogP) is 6.34. The van der Waals surface area contributed by atoms with Crippen LogP contribution < -0.4 is 10.1 Å². The first-order valence-corrected chi connectivity index (χ1v) is 13.9. The van der Waals surface area contributed by atoms with Crippen LogP contribution in [-0.4, -0.2) is 56.7 Å². The van der Waals surface area contributed by atoms with Crippen LogP contribution in [0.2, 0.25) is 0 Å². The Morgan fingerprint density at radius 2 is 1.92 bits per heavy atom. The smallest absolute Gasteiger partial charge is 0.230 e. The number of rotatable bonds is 8. The van der Waals surface area contributed by atoms with E-state index in [1.807, 2.05) is 18.3 Å². The number of morpholine rings is 1. The van der Waals surface area contributed by atoms with Crippen LogP contribution in [0, 0.1) is 13.8 Å². The maximum atomic E-state index is 5.89. The Labute approximate surface area is 229 Å². The molecule has 2 heterocycles. The average Bonchev–Trinajstić information content (AvgIpc) is 3.21. The standard InChI is InChI=1S/C30H38N4O3S/c1-7-25-9-8-24(18-28(25)35-6)12-15-37-23(5)33-30(34-13-16-36-17-14-34)32-22(4)31-26-10-11-29-27(19-26)20(2)21(3)38-29/h8-11,18-19H,5,7,12-17H2,1-4,6H3,(H,31,32,33). The van der Waals surface area contributed by atoms with Crippen LogP contribution in [0.1, 0.15) is 35.4 Å². The lowest BCUT2D eigenvalue weighted by Crippen LogP contribution is -2.40. The van der Waals surface area contributed by atoms with Gasteiger partial charge in [-0.3, -0.25) is 0 Å². The molecule has 2 aromatic carbocycles. The SMILES string of the molecule is C=C(/N=C(\N=C(/C)Nc1ccc2sc(C)c(C)c2c1)N1CCOCC1)OCCc1ccc(CC)c(OC)c1. The maximum Gasteiger partial charge on any atom is 0.230 e. The van der Waals surface area contributed by atoms with E-state index in [2.05, 4.69) is 79.0 Å². The molecule has 0 amide bonds. The molecule has 0 bridgehead atoms. The largest absolute Gasteiger partial charge is 0.496 e. The zero-order valence-electron chi connectivity index (χ0n) is 23.1. The topological polar surface area (TPSA) is 67.7 Å². The van der Waals surface area contributed by atoms with Gasteiger partial charge in [0.15, 0.2) is 0 Å². The van der Waals surface area contributed by atoms with Crippen LogP contribution in [-0.2, 0) is 22.3 Å². The van der Waals surface area contributed by atoms with E-state index >= 15 is 0 Å². The van der Waals surface area contributed by atoms with Gasteiger partial charge < -0.3 is 24.4 Å². The number of fused-ring (bicyclic) bond motifs is 1. The van der Waals surface area contributed by atoms with Gasteiger partial charge in [0.05, 0.1) is 26.9 Å². The van der Waals surface area contributed by atoms with Gasteiger partial charge >= 0.3 is 0 Å². The summed E-state index contributed by atoms with van der Waals surface area (Å²) in [6, 6.07) is 12.7. The van der Waals surface area contributed by atoms with E-state index in [0.717, 1.165) is 35.7 Å². The molecule has 1 aliphatic rings. The van der Waals surface area contributed by atoms with E-state index in [0.29, 0.717) is 44.8 Å². The molecule has 0 aliphatic carbocycles. The molecule has 1 fully saturated rings. The van der Waals surface area contributed by atoms with Crippen molar-refractivity contribution in [2.45, 2.75) is 40.5 Å². The summed E-state index contributed by atoms with van der Waals surface area (Å²) in [7, 11) is 1.71. The molecule has 1 aliphatic heterocycles. The molecule has 1 aromatic heterocycles. The van der Waals surface area contributed by atoms with Gasteiger partial charge in [-0.2, -0.15) is 4.99 Å². The van der Waals surface area contributed by atoms with Crippen LogP contribution in [0.4, 0.5) is 5.69 Å². The summed E-state index contributed by atoms with van der Waals surface area (Å²) < 4.78 is 18.2. The van der Waals surface area contributed by atoms with Gasteiger partial charge in [0.2, 0.25) is 11.8 Å². The monoisotopic (exact) mass is 534 g/mol. The third-order valence-electron chi connectivity index (χ3n) is 6.68. The highest BCUT2D eigenvalue weighted by Gasteiger charge is 2.16. The lowest BCUT2D eigenvalue weighted by molar-refractivity contribution is 0.0673. The Morgan fingerprint density at radius 1 is 1.13 bits per heavy atom. The molecule has 0 saturated carbocycles. The van der Waals surface area contributed by atoms with Crippen molar-refractivity contribution >= 4 is 38.9 Å². The highest BCUT2D eigenvalue weighted by atomic mass is 32.1. The third kappa shape index (κ3) is 6.94. The number of hydrogen-bond acceptors (Lipinski definition) is 5. The highest BCUT2D eigenvalue weighted by molar-refractivity contribution is 7.19. The Kier molecular flexibility index (Phi) is 9.42. The number of aliphatic imine (C=N–C) groups is 2. The number of nitrogens with zero attached hydrogens (tertiary/aromatic N) is 3. The number of anilines is 1. The van der Waals surface area contributed by atoms with Crippen LogP contribution in [0.3, 0.4) is 0 Å². The van der Waals surface area contributed by atoms with Gasteiger partial charge in [0.1, 0.15) is 11.6 Å². The number of aryl methyl sites for hydroxylation is 3. The zero-order chi connectivity index (χ0) is 27.1. The molecule has 202 valence electrons. The second-order valence-electron chi connectivity index (χ2n) is 9.32. The summed E-state index contributed by atoms with van der Waals surface area (Å²) in [4.78, 5) is 12.9. The minimum absolute atomic E-state index is 0.339. The maximum absolute atomic E-state index is 5.89. The first kappa shape index (κ1) is 27.7. The molecule has 0 radical (unpaired) electrons. The van der Waals surface area contributed by atoms with Gasteiger partial charge in [-0.1, -0.05) is 19.1 Å². The summed E-state index contributed by atoms with van der Waals surface area (Å²) in [6.07, 6.45) is 1.67. The molecule has 8 heteroatoms. The predicted molar refractivity (Wildman–Crippen MR) is 159 cm³/mol. The molecular weight excluding hydrogens is 496 g/mol. The van der Waals surface area contributed by atoms with Crippen LogP contribution in [0.5, 0.6) is 5.75 Å². The molecule has 0 unspecified atom stereocenters. The van der Waals surface area contributed by atoms with Gasteiger partial charge in [0.25, 0.3) is 0 Å². The molecule has 1 saturated heterocycles. The summed E-state index contributed by atoms with van der Waals surface area (Å²) in [5.41, 5.74) is 4.67. The van der Waals surface area contributed by atoms with E-state index < -0.39 is 0 Å². The third-order valence-corrected chi connectivity index (χ3v) is 7.87. The fraction of sp³-hybridized carbons (Fsp3) is 0.400. The fourth-order valence-corrected chi connectivity index (χ4v) is 5.46. The van der Waals surface area contributed by atoms with E-state index in [4.69, 9.17) is 19.2 Å². The Bertz CT molecular complexity index is 1340. The summed E-state index contributed by atoms with van der Waals surface area (Å²) >= 11 is 1.83. The van der Waals surface area contributed by atoms with Crippen molar-refractivity contribution in [1.29, 1.82) is 0 Å². The van der Waals surface area contributed by atoms with Gasteiger partial charge in [-0.05, 0) is 80.1 Å². The first-order valence-electron chi connectivity index (χ1n) is 13.1. The zero-order valence-corrected chi connectivity index (χ0v) is 23.9. The molecule has 0 atom stereocenters. The van der Waals surface area contributed by atoms with Crippen molar-refractivity contribution in [1.82, 2.24) is 4.90 Å². The molecule has 7 nitrogen and oxygen atoms in total. The van der Waals surface area contributed by atoms with Crippen molar-refractivity contribution < 1.29 is 14.2 Å². The van der Waals surface area contributed by atoms with Crippen LogP contribution in [0.15, 0.2) is 58.8 Å². The number of ether oxygens (including phenoxy) is 3. The number of nitrogens with one attached hydrogen (secondary N) is 1. The van der Waals surface area contributed by atoms with Crippen LogP contribution >= 0.6 is 11.3 Å². The Morgan fingerprint density at radius 3 is 2.66 bits per heavy atom. The number of thiophene rings is 1. The minimum Gasteiger partial charge on any atom is -0.496 e. The number of amidine groups is 1. The van der Waals surface area contributed by atoms with Gasteiger partial charge in [-0.15, -0.1) is 11.3 Å². The second kappa shape index (κ2) is 12.9. The van der Waals surface area contributed by atoms with Crippen molar-refractivity contribution in [2.24, 2.45) is 9.98 Å². The van der Waals surface area contributed by atoms with Crippen molar-refractivity contribution in [3.63, 3.8) is 0 Å². The lowest BCUT2D eigenvalue weighted by Gasteiger charge is -2.28. The van der Waals surface area contributed by atoms with Crippen molar-refractivity contribution in [2.75, 3.05) is 45.3 Å². The summed E-state index contributed by atoms with van der Waals surface area (Å²) in [5.74, 6) is 2.57. The molecule has 3 aromatic rings. The fourth-order valence-electron chi connectivity index (χ4n) is 4.40. The average molecular weight is 535 g/mol. The first-order chi connectivity index (χ1) is 18.4. The number of hydrogen-bond donors (Lipinski definition) is 1. The molecule has 38 heavy (non-hydrogen) atoms. The van der Waals surface area contributed by atoms with Crippen LogP contribution in [0.25, 0.3) is 10.1 Å². The van der Waals surface area contributed by atoms with Gasteiger partial charge in [0, 0.05) is 34.8 Å². The normalized spacial score (nSPS) is 14.6. The van der Waals surface area contributed by atoms with Gasteiger partial charge in [-0.25, -0.2) is 4.99 Å². The summed E-state index contributed by atoms with van der Waals surface area (Å²) in [6.45, 7) is 15.6. The quantitative estimate of drug-likeness (QED) is 0.208. The molecule has 0 spiro atoms. The number of methoxy groups -OCH3 is 1. The lowest BCUT2D eigenvalue weighted by atomic mass is 10.1. The van der Waals surface area contributed by atoms with Crippen molar-refractivity contribution in [3.8, 4) is 5.75 Å². The molecule has 4 rings (SSSR count). The summed E-state index contributed by atoms with van der Waals surface area (Å²) in [5, 5.41) is 4.71. The molecular formula is C30H38N4O3S. The second-order valence-corrected chi connectivity index (χ2v) is 10.6. The van der Waals surface area contributed by atoms with E-state index in [1.54, 1.807) is 7.11 Å².